The molecule has 2 fully saturated rings. The van der Waals surface area contributed by atoms with Crippen LogP contribution in [0.4, 0.5) is 4.79 Å². The highest BCUT2D eigenvalue weighted by Gasteiger charge is 2.38. The van der Waals surface area contributed by atoms with Gasteiger partial charge in [-0.25, -0.2) is 9.69 Å². The number of hydrogen-bond acceptors (Lipinski definition) is 4. The number of ether oxygens (including phenoxy) is 1. The number of carbonyl (C=O) groups excluding carboxylic acids is 3. The van der Waals surface area contributed by atoms with Gasteiger partial charge in [-0.1, -0.05) is 11.6 Å². The zero-order valence-corrected chi connectivity index (χ0v) is 11.9. The van der Waals surface area contributed by atoms with E-state index in [1.54, 1.807) is 29.2 Å². The molecule has 0 aromatic heterocycles. The highest BCUT2D eigenvalue weighted by Crippen LogP contribution is 2.22. The molecule has 0 radical (unpaired) electrons. The minimum absolute atomic E-state index is 0.0711. The molecule has 0 aliphatic carbocycles. The number of benzene rings is 1. The zero-order valence-electron chi connectivity index (χ0n) is 11.1. The predicted molar refractivity (Wildman–Crippen MR) is 73.9 cm³/mol. The molecular formula is C14H13ClN2O4. The first-order valence-corrected chi connectivity index (χ1v) is 6.94. The average Bonchev–Trinajstić information content (AvgIpc) is 2.73. The maximum Gasteiger partial charge on any atom is 0.417 e. The van der Waals surface area contributed by atoms with Gasteiger partial charge in [0.2, 0.25) is 0 Å². The molecule has 0 unspecified atom stereocenters. The number of amides is 3. The number of imide groups is 1. The van der Waals surface area contributed by atoms with Gasteiger partial charge in [0.25, 0.3) is 11.8 Å². The highest BCUT2D eigenvalue weighted by molar-refractivity contribution is 6.30. The lowest BCUT2D eigenvalue weighted by atomic mass is 9.98. The van der Waals surface area contributed by atoms with Crippen molar-refractivity contribution in [3.63, 3.8) is 0 Å². The summed E-state index contributed by atoms with van der Waals surface area (Å²) in [6.07, 6.45) is -0.595. The molecule has 0 atom stereocenters. The van der Waals surface area contributed by atoms with Gasteiger partial charge in [0.05, 0.1) is 0 Å². The molecule has 7 heteroatoms. The Morgan fingerprint density at radius 2 is 1.90 bits per heavy atom. The SMILES string of the molecule is O=C(c1ccc(Cl)cc1)N1CC(CN2C(=O)COC2=O)C1. The van der Waals surface area contributed by atoms with E-state index in [-0.39, 0.29) is 24.3 Å². The molecule has 1 aromatic rings. The summed E-state index contributed by atoms with van der Waals surface area (Å²) in [7, 11) is 0. The number of likely N-dealkylation sites (tertiary alicyclic amines) is 1. The Balaban J connectivity index is 1.53. The Labute approximate surface area is 126 Å². The minimum Gasteiger partial charge on any atom is -0.439 e. The van der Waals surface area contributed by atoms with Crippen LogP contribution in [-0.4, -0.2) is 53.9 Å². The predicted octanol–water partition coefficient (Wildman–Crippen LogP) is 1.39. The fraction of sp³-hybridized carbons (Fsp3) is 0.357. The molecule has 3 amide bonds. The first kappa shape index (κ1) is 13.9. The Morgan fingerprint density at radius 1 is 1.24 bits per heavy atom. The number of hydrogen-bond donors (Lipinski definition) is 0. The standard InChI is InChI=1S/C14H13ClN2O4/c15-11-3-1-10(2-4-11)13(19)16-5-9(6-16)7-17-12(18)8-21-14(17)20/h1-4,9H,5-8H2. The monoisotopic (exact) mass is 308 g/mol. The third kappa shape index (κ3) is 2.71. The van der Waals surface area contributed by atoms with Gasteiger partial charge in [-0.2, -0.15) is 0 Å². The number of cyclic esters (lactones) is 1. The van der Waals surface area contributed by atoms with Crippen molar-refractivity contribution in [1.29, 1.82) is 0 Å². The zero-order chi connectivity index (χ0) is 15.0. The van der Waals surface area contributed by atoms with E-state index in [4.69, 9.17) is 11.6 Å². The van der Waals surface area contributed by atoms with E-state index in [0.717, 1.165) is 4.90 Å². The fourth-order valence-electron chi connectivity index (χ4n) is 2.44. The second-order valence-corrected chi connectivity index (χ2v) is 5.58. The molecule has 2 saturated heterocycles. The Morgan fingerprint density at radius 3 is 2.48 bits per heavy atom. The summed E-state index contributed by atoms with van der Waals surface area (Å²) < 4.78 is 4.65. The van der Waals surface area contributed by atoms with Crippen LogP contribution in [0.3, 0.4) is 0 Å². The molecule has 6 nitrogen and oxygen atoms in total. The van der Waals surface area contributed by atoms with E-state index in [2.05, 4.69) is 4.74 Å². The van der Waals surface area contributed by atoms with Crippen LogP contribution in [0.2, 0.25) is 5.02 Å². The van der Waals surface area contributed by atoms with Crippen LogP contribution in [0.25, 0.3) is 0 Å². The van der Waals surface area contributed by atoms with Gasteiger partial charge in [0.15, 0.2) is 6.61 Å². The summed E-state index contributed by atoms with van der Waals surface area (Å²) in [5, 5.41) is 0.582. The van der Waals surface area contributed by atoms with Gasteiger partial charge < -0.3 is 9.64 Å². The Kier molecular flexibility index (Phi) is 3.55. The maximum atomic E-state index is 12.2. The summed E-state index contributed by atoms with van der Waals surface area (Å²) in [5.41, 5.74) is 0.578. The summed E-state index contributed by atoms with van der Waals surface area (Å²) in [6, 6.07) is 6.70. The van der Waals surface area contributed by atoms with E-state index in [1.807, 2.05) is 0 Å². The van der Waals surface area contributed by atoms with Gasteiger partial charge >= 0.3 is 6.09 Å². The lowest BCUT2D eigenvalue weighted by Crippen LogP contribution is -2.54. The topological polar surface area (TPSA) is 66.9 Å². The molecule has 0 bridgehead atoms. The van der Waals surface area contributed by atoms with Crippen molar-refractivity contribution >= 4 is 29.5 Å². The molecule has 2 aliphatic rings. The second-order valence-electron chi connectivity index (χ2n) is 5.14. The first-order chi connectivity index (χ1) is 10.0. The molecule has 0 spiro atoms. The van der Waals surface area contributed by atoms with E-state index in [9.17, 15) is 14.4 Å². The number of nitrogens with zero attached hydrogens (tertiary/aromatic N) is 2. The van der Waals surface area contributed by atoms with Crippen LogP contribution in [-0.2, 0) is 9.53 Å². The molecule has 21 heavy (non-hydrogen) atoms. The molecule has 110 valence electrons. The van der Waals surface area contributed by atoms with E-state index < -0.39 is 6.09 Å². The summed E-state index contributed by atoms with van der Waals surface area (Å²) >= 11 is 5.78. The largest absolute Gasteiger partial charge is 0.439 e. The van der Waals surface area contributed by atoms with Crippen molar-refractivity contribution < 1.29 is 19.1 Å². The van der Waals surface area contributed by atoms with Gasteiger partial charge in [0.1, 0.15) is 0 Å². The molecule has 2 heterocycles. The molecule has 0 N–H and O–H groups in total. The third-order valence-corrected chi connectivity index (χ3v) is 3.87. The van der Waals surface area contributed by atoms with Crippen LogP contribution >= 0.6 is 11.6 Å². The van der Waals surface area contributed by atoms with E-state index in [0.29, 0.717) is 30.2 Å². The van der Waals surface area contributed by atoms with Crippen molar-refractivity contribution in [2.45, 2.75) is 0 Å². The first-order valence-electron chi connectivity index (χ1n) is 6.56. The van der Waals surface area contributed by atoms with Gasteiger partial charge in [-0.15, -0.1) is 0 Å². The summed E-state index contributed by atoms with van der Waals surface area (Å²) in [5.74, 6) is -0.281. The minimum atomic E-state index is -0.595. The van der Waals surface area contributed by atoms with Crippen molar-refractivity contribution in [3.8, 4) is 0 Å². The number of rotatable bonds is 3. The van der Waals surface area contributed by atoms with Crippen molar-refractivity contribution in [1.82, 2.24) is 9.80 Å². The van der Waals surface area contributed by atoms with Gasteiger partial charge in [-0.05, 0) is 24.3 Å². The Hall–Kier alpha value is -2.08. The van der Waals surface area contributed by atoms with Crippen LogP contribution in [0, 0.1) is 5.92 Å². The number of halogens is 1. The normalized spacial score (nSPS) is 18.7. The maximum absolute atomic E-state index is 12.2. The highest BCUT2D eigenvalue weighted by atomic mass is 35.5. The molecule has 0 saturated carbocycles. The van der Waals surface area contributed by atoms with Crippen LogP contribution in [0.1, 0.15) is 10.4 Å². The molecule has 1 aromatic carbocycles. The molecule has 2 aliphatic heterocycles. The van der Waals surface area contributed by atoms with E-state index in [1.165, 1.54) is 0 Å². The quantitative estimate of drug-likeness (QED) is 0.846. The number of carbonyl (C=O) groups is 3. The fourth-order valence-corrected chi connectivity index (χ4v) is 2.57. The van der Waals surface area contributed by atoms with Gasteiger partial charge in [0, 0.05) is 36.1 Å². The van der Waals surface area contributed by atoms with Crippen molar-refractivity contribution in [2.75, 3.05) is 26.2 Å². The Bertz CT molecular complexity index is 579. The van der Waals surface area contributed by atoms with Crippen molar-refractivity contribution in [2.24, 2.45) is 5.92 Å². The smallest absolute Gasteiger partial charge is 0.417 e. The van der Waals surface area contributed by atoms with Gasteiger partial charge in [-0.3, -0.25) is 9.59 Å². The second kappa shape index (κ2) is 5.37. The third-order valence-electron chi connectivity index (χ3n) is 3.62. The molecular weight excluding hydrogens is 296 g/mol. The lowest BCUT2D eigenvalue weighted by molar-refractivity contribution is -0.126. The van der Waals surface area contributed by atoms with Crippen LogP contribution in [0.15, 0.2) is 24.3 Å². The summed E-state index contributed by atoms with van der Waals surface area (Å²) in [6.45, 7) is 1.18. The summed E-state index contributed by atoms with van der Waals surface area (Å²) in [4.78, 5) is 37.7. The van der Waals surface area contributed by atoms with Crippen molar-refractivity contribution in [3.05, 3.63) is 34.9 Å². The lowest BCUT2D eigenvalue weighted by Gasteiger charge is -2.40. The van der Waals surface area contributed by atoms with E-state index >= 15 is 0 Å². The average molecular weight is 309 g/mol. The van der Waals surface area contributed by atoms with Crippen LogP contribution in [0.5, 0.6) is 0 Å². The van der Waals surface area contributed by atoms with Crippen LogP contribution < -0.4 is 0 Å². The molecule has 3 rings (SSSR count).